The van der Waals surface area contributed by atoms with Crippen LogP contribution in [0.15, 0.2) is 82.8 Å². The smallest absolute Gasteiger partial charge is 0.266 e. The molecule has 4 nitrogen and oxygen atoms in total. The summed E-state index contributed by atoms with van der Waals surface area (Å²) in [6, 6.07) is 24.6. The van der Waals surface area contributed by atoms with Gasteiger partial charge in [0.2, 0.25) is 0 Å². The summed E-state index contributed by atoms with van der Waals surface area (Å²) >= 11 is 3.44. The third-order valence-electron chi connectivity index (χ3n) is 4.15. The maximum atomic E-state index is 12.5. The van der Waals surface area contributed by atoms with Crippen LogP contribution in [0.5, 0.6) is 5.75 Å². The zero-order chi connectivity index (χ0) is 20.6. The molecule has 0 saturated carbocycles. The van der Waals surface area contributed by atoms with Crippen molar-refractivity contribution in [3.8, 4) is 11.8 Å². The molecule has 144 valence electrons. The summed E-state index contributed by atoms with van der Waals surface area (Å²) in [5.41, 5.74) is 3.47. The molecule has 0 aromatic heterocycles. The van der Waals surface area contributed by atoms with Crippen LogP contribution in [0.4, 0.5) is 5.69 Å². The van der Waals surface area contributed by atoms with Crippen LogP contribution in [0.25, 0.3) is 6.08 Å². The van der Waals surface area contributed by atoms with Gasteiger partial charge in [-0.25, -0.2) is 0 Å². The molecule has 0 aliphatic rings. The van der Waals surface area contributed by atoms with Crippen LogP contribution in [-0.2, 0) is 11.4 Å². The Bertz CT molecular complexity index is 1090. The van der Waals surface area contributed by atoms with E-state index in [1.807, 2.05) is 67.6 Å². The SMILES string of the molecule is Cc1cccc(COc2ccc(Br)cc2/C=C(\C#N)C(=O)Nc2ccccc2)c1. The van der Waals surface area contributed by atoms with Gasteiger partial charge in [-0.3, -0.25) is 4.79 Å². The lowest BCUT2D eigenvalue weighted by Crippen LogP contribution is -2.13. The van der Waals surface area contributed by atoms with Crippen LogP contribution in [0, 0.1) is 18.3 Å². The Kier molecular flexibility index (Phi) is 6.83. The van der Waals surface area contributed by atoms with Gasteiger partial charge in [-0.2, -0.15) is 5.26 Å². The standard InChI is InChI=1S/C24H19BrN2O2/c1-17-6-5-7-18(12-17)16-29-23-11-10-21(25)14-19(23)13-20(15-26)24(28)27-22-8-3-2-4-9-22/h2-14H,16H2,1H3,(H,27,28)/b20-13+. The van der Waals surface area contributed by atoms with E-state index in [1.165, 1.54) is 6.08 Å². The minimum Gasteiger partial charge on any atom is -0.488 e. The van der Waals surface area contributed by atoms with Gasteiger partial charge in [-0.15, -0.1) is 0 Å². The zero-order valence-electron chi connectivity index (χ0n) is 15.9. The Morgan fingerprint density at radius 2 is 1.90 bits per heavy atom. The molecule has 0 aliphatic carbocycles. The van der Waals surface area contributed by atoms with E-state index in [0.717, 1.165) is 15.6 Å². The van der Waals surface area contributed by atoms with Crippen LogP contribution in [0.3, 0.4) is 0 Å². The van der Waals surface area contributed by atoms with E-state index in [0.29, 0.717) is 23.6 Å². The number of nitrogens with zero attached hydrogens (tertiary/aromatic N) is 1. The number of anilines is 1. The van der Waals surface area contributed by atoms with Gasteiger partial charge in [0.15, 0.2) is 0 Å². The van der Waals surface area contributed by atoms with Crippen molar-refractivity contribution < 1.29 is 9.53 Å². The number of ether oxygens (including phenoxy) is 1. The minimum absolute atomic E-state index is 0.00708. The molecule has 29 heavy (non-hydrogen) atoms. The predicted molar refractivity (Wildman–Crippen MR) is 118 cm³/mol. The van der Waals surface area contributed by atoms with E-state index in [9.17, 15) is 10.1 Å². The fourth-order valence-electron chi connectivity index (χ4n) is 2.75. The number of para-hydroxylation sites is 1. The number of hydrogen-bond donors (Lipinski definition) is 1. The number of carbonyl (C=O) groups excluding carboxylic acids is 1. The van der Waals surface area contributed by atoms with E-state index in [-0.39, 0.29) is 5.57 Å². The number of benzene rings is 3. The van der Waals surface area contributed by atoms with E-state index < -0.39 is 5.91 Å². The maximum absolute atomic E-state index is 12.5. The highest BCUT2D eigenvalue weighted by molar-refractivity contribution is 9.10. The van der Waals surface area contributed by atoms with Gasteiger partial charge >= 0.3 is 0 Å². The first-order valence-electron chi connectivity index (χ1n) is 9.01. The Labute approximate surface area is 178 Å². The van der Waals surface area contributed by atoms with E-state index in [1.54, 1.807) is 12.1 Å². The number of aryl methyl sites for hydroxylation is 1. The van der Waals surface area contributed by atoms with E-state index in [2.05, 4.69) is 27.3 Å². The van der Waals surface area contributed by atoms with Crippen molar-refractivity contribution in [1.29, 1.82) is 5.26 Å². The number of nitrogens with one attached hydrogen (secondary N) is 1. The molecule has 0 unspecified atom stereocenters. The summed E-state index contributed by atoms with van der Waals surface area (Å²) in [6.45, 7) is 2.42. The normalized spacial score (nSPS) is 10.9. The molecule has 0 fully saturated rings. The third-order valence-corrected chi connectivity index (χ3v) is 4.64. The average molecular weight is 447 g/mol. The predicted octanol–water partition coefficient (Wildman–Crippen LogP) is 5.88. The monoisotopic (exact) mass is 446 g/mol. The second kappa shape index (κ2) is 9.72. The largest absolute Gasteiger partial charge is 0.488 e. The van der Waals surface area contributed by atoms with E-state index in [4.69, 9.17) is 4.74 Å². The third kappa shape index (κ3) is 5.81. The summed E-state index contributed by atoms with van der Waals surface area (Å²) in [5, 5.41) is 12.2. The highest BCUT2D eigenvalue weighted by atomic mass is 79.9. The van der Waals surface area contributed by atoms with Crippen molar-refractivity contribution in [3.05, 3.63) is 99.5 Å². The molecular formula is C24H19BrN2O2. The number of hydrogen-bond acceptors (Lipinski definition) is 3. The number of halogens is 1. The molecule has 0 aliphatic heterocycles. The van der Waals surface area contributed by atoms with Gasteiger partial charge in [0.1, 0.15) is 24.0 Å². The topological polar surface area (TPSA) is 62.1 Å². The van der Waals surface area contributed by atoms with Crippen LogP contribution in [0.2, 0.25) is 0 Å². The van der Waals surface area contributed by atoms with Crippen LogP contribution < -0.4 is 10.1 Å². The zero-order valence-corrected chi connectivity index (χ0v) is 17.4. The molecule has 3 rings (SSSR count). The molecule has 1 amide bonds. The lowest BCUT2D eigenvalue weighted by molar-refractivity contribution is -0.112. The Balaban J connectivity index is 1.83. The first-order valence-corrected chi connectivity index (χ1v) is 9.80. The average Bonchev–Trinajstić information content (AvgIpc) is 2.72. The fraction of sp³-hybridized carbons (Fsp3) is 0.0833. The number of amides is 1. The first kappa shape index (κ1) is 20.4. The highest BCUT2D eigenvalue weighted by Gasteiger charge is 2.12. The molecule has 0 saturated heterocycles. The Morgan fingerprint density at radius 1 is 1.10 bits per heavy atom. The van der Waals surface area contributed by atoms with Gasteiger partial charge in [-0.05, 0) is 48.9 Å². The van der Waals surface area contributed by atoms with E-state index >= 15 is 0 Å². The molecular weight excluding hydrogens is 428 g/mol. The molecule has 0 spiro atoms. The molecule has 3 aromatic rings. The van der Waals surface area contributed by atoms with Crippen LogP contribution in [-0.4, -0.2) is 5.91 Å². The lowest BCUT2D eigenvalue weighted by atomic mass is 10.1. The van der Waals surface area contributed by atoms with Crippen molar-refractivity contribution in [1.82, 2.24) is 0 Å². The molecule has 0 radical (unpaired) electrons. The van der Waals surface area contributed by atoms with Gasteiger partial charge in [0.05, 0.1) is 0 Å². The summed E-state index contributed by atoms with van der Waals surface area (Å²) in [6.07, 6.45) is 1.54. The highest BCUT2D eigenvalue weighted by Crippen LogP contribution is 2.27. The van der Waals surface area contributed by atoms with Crippen molar-refractivity contribution in [2.75, 3.05) is 5.32 Å². The van der Waals surface area contributed by atoms with Gasteiger partial charge in [-0.1, -0.05) is 64.0 Å². The number of rotatable bonds is 6. The number of nitriles is 1. The summed E-state index contributed by atoms with van der Waals surface area (Å²) in [5.74, 6) is 0.123. The first-order chi connectivity index (χ1) is 14.0. The number of carbonyl (C=O) groups is 1. The van der Waals surface area contributed by atoms with Crippen molar-refractivity contribution in [3.63, 3.8) is 0 Å². The van der Waals surface area contributed by atoms with Gasteiger partial charge in [0, 0.05) is 15.7 Å². The maximum Gasteiger partial charge on any atom is 0.266 e. The second-order valence-corrected chi connectivity index (χ2v) is 7.37. The lowest BCUT2D eigenvalue weighted by Gasteiger charge is -2.11. The summed E-state index contributed by atoms with van der Waals surface area (Å²) < 4.78 is 6.80. The molecule has 3 aromatic carbocycles. The van der Waals surface area contributed by atoms with Crippen molar-refractivity contribution >= 4 is 33.6 Å². The molecule has 0 bridgehead atoms. The van der Waals surface area contributed by atoms with Gasteiger partial charge in [0.25, 0.3) is 5.91 Å². The second-order valence-electron chi connectivity index (χ2n) is 6.45. The van der Waals surface area contributed by atoms with Crippen LogP contribution in [0.1, 0.15) is 16.7 Å². The van der Waals surface area contributed by atoms with Gasteiger partial charge < -0.3 is 10.1 Å². The molecule has 5 heteroatoms. The van der Waals surface area contributed by atoms with Crippen molar-refractivity contribution in [2.45, 2.75) is 13.5 Å². The molecule has 0 atom stereocenters. The molecule has 1 N–H and O–H groups in total. The Hall–Kier alpha value is -3.36. The van der Waals surface area contributed by atoms with Crippen molar-refractivity contribution in [2.24, 2.45) is 0 Å². The Morgan fingerprint density at radius 3 is 2.62 bits per heavy atom. The van der Waals surface area contributed by atoms with Crippen LogP contribution >= 0.6 is 15.9 Å². The summed E-state index contributed by atoms with van der Waals surface area (Å²) in [7, 11) is 0. The minimum atomic E-state index is -0.469. The molecule has 0 heterocycles. The fourth-order valence-corrected chi connectivity index (χ4v) is 3.13. The summed E-state index contributed by atoms with van der Waals surface area (Å²) in [4.78, 5) is 12.5. The quantitative estimate of drug-likeness (QED) is 0.379.